The lowest BCUT2D eigenvalue weighted by Gasteiger charge is -2.18. The van der Waals surface area contributed by atoms with Crippen LogP contribution in [-0.4, -0.2) is 49.9 Å². The molecule has 0 atom stereocenters. The number of halogens is 1. The summed E-state index contributed by atoms with van der Waals surface area (Å²) >= 11 is 3.17. The Morgan fingerprint density at radius 2 is 2.00 bits per heavy atom. The van der Waals surface area contributed by atoms with Crippen molar-refractivity contribution in [2.24, 2.45) is 0 Å². The number of likely N-dealkylation sites (N-methyl/N-ethyl adjacent to an activating group) is 2. The average Bonchev–Trinajstić information content (AvgIpc) is 2.60. The molecular weight excluding hydrogens is 260 g/mol. The Kier molecular flexibility index (Phi) is 4.35. The van der Waals surface area contributed by atoms with Gasteiger partial charge in [-0.15, -0.1) is 0 Å². The molecule has 0 bridgehead atoms. The Balaban J connectivity index is 2.53. The lowest BCUT2D eigenvalue weighted by atomic mass is 10.4. The zero-order valence-corrected chi connectivity index (χ0v) is 10.7. The summed E-state index contributed by atoms with van der Waals surface area (Å²) < 4.78 is 5.76. The van der Waals surface area contributed by atoms with Gasteiger partial charge in [0, 0.05) is 20.1 Å². The van der Waals surface area contributed by atoms with Crippen LogP contribution in [0.2, 0.25) is 0 Å². The van der Waals surface area contributed by atoms with Crippen LogP contribution in [0.3, 0.4) is 0 Å². The van der Waals surface area contributed by atoms with Crippen molar-refractivity contribution in [3.8, 4) is 0 Å². The summed E-state index contributed by atoms with van der Waals surface area (Å²) in [6, 6.07) is 3.38. The first-order chi connectivity index (χ1) is 7.00. The summed E-state index contributed by atoms with van der Waals surface area (Å²) in [6.45, 7) is 1.52. The van der Waals surface area contributed by atoms with Gasteiger partial charge >= 0.3 is 0 Å². The van der Waals surface area contributed by atoms with E-state index < -0.39 is 0 Å². The zero-order chi connectivity index (χ0) is 11.4. The second-order valence-corrected chi connectivity index (χ2v) is 4.42. The van der Waals surface area contributed by atoms with E-state index in [9.17, 15) is 4.79 Å². The lowest BCUT2D eigenvalue weighted by molar-refractivity contribution is 0.0753. The number of rotatable bonds is 4. The first-order valence-electron chi connectivity index (χ1n) is 4.66. The number of furan rings is 1. The molecule has 0 saturated heterocycles. The zero-order valence-electron chi connectivity index (χ0n) is 9.16. The highest BCUT2D eigenvalue weighted by molar-refractivity contribution is 9.10. The molecule has 84 valence electrons. The van der Waals surface area contributed by atoms with Crippen LogP contribution in [0.5, 0.6) is 0 Å². The van der Waals surface area contributed by atoms with E-state index in [2.05, 4.69) is 15.9 Å². The quantitative estimate of drug-likeness (QED) is 0.838. The summed E-state index contributed by atoms with van der Waals surface area (Å²) in [5, 5.41) is 0. The minimum atomic E-state index is -0.0949. The van der Waals surface area contributed by atoms with Gasteiger partial charge in [-0.2, -0.15) is 0 Å². The van der Waals surface area contributed by atoms with Gasteiger partial charge in [-0.05, 0) is 42.2 Å². The molecule has 0 aliphatic heterocycles. The highest BCUT2D eigenvalue weighted by Crippen LogP contribution is 2.15. The minimum Gasteiger partial charge on any atom is -0.444 e. The van der Waals surface area contributed by atoms with E-state index in [1.54, 1.807) is 24.1 Å². The third-order valence-electron chi connectivity index (χ3n) is 2.01. The number of amides is 1. The topological polar surface area (TPSA) is 36.7 Å². The van der Waals surface area contributed by atoms with Gasteiger partial charge in [-0.3, -0.25) is 4.79 Å². The standard InChI is InChI=1S/C10H15BrN2O2/c1-12(2)6-7-13(3)10(14)8-4-5-9(11)15-8/h4-5H,6-7H2,1-3H3. The number of hydrogen-bond acceptors (Lipinski definition) is 3. The van der Waals surface area contributed by atoms with Gasteiger partial charge in [0.2, 0.25) is 0 Å². The predicted molar refractivity (Wildman–Crippen MR) is 61.9 cm³/mol. The van der Waals surface area contributed by atoms with E-state index in [0.717, 1.165) is 6.54 Å². The summed E-state index contributed by atoms with van der Waals surface area (Å²) in [5.74, 6) is 0.269. The summed E-state index contributed by atoms with van der Waals surface area (Å²) in [4.78, 5) is 15.4. The molecule has 0 spiro atoms. The Hall–Kier alpha value is -0.810. The van der Waals surface area contributed by atoms with E-state index in [0.29, 0.717) is 17.0 Å². The molecule has 1 rings (SSSR count). The Labute approximate surface area is 98.0 Å². The molecule has 1 aromatic rings. The summed E-state index contributed by atoms with van der Waals surface area (Å²) in [6.07, 6.45) is 0. The molecule has 0 unspecified atom stereocenters. The highest BCUT2D eigenvalue weighted by atomic mass is 79.9. The Morgan fingerprint density at radius 3 is 2.47 bits per heavy atom. The fourth-order valence-corrected chi connectivity index (χ4v) is 1.38. The largest absolute Gasteiger partial charge is 0.444 e. The Bertz CT molecular complexity index is 336. The number of carbonyl (C=O) groups is 1. The van der Waals surface area contributed by atoms with Crippen LogP contribution in [-0.2, 0) is 0 Å². The van der Waals surface area contributed by atoms with Gasteiger partial charge in [0.1, 0.15) is 0 Å². The molecule has 0 radical (unpaired) electrons. The molecule has 0 fully saturated rings. The molecule has 15 heavy (non-hydrogen) atoms. The third-order valence-corrected chi connectivity index (χ3v) is 2.44. The SMILES string of the molecule is CN(C)CCN(C)C(=O)c1ccc(Br)o1. The molecular formula is C10H15BrN2O2. The number of nitrogens with zero attached hydrogens (tertiary/aromatic N) is 2. The smallest absolute Gasteiger partial charge is 0.289 e. The molecule has 1 aromatic heterocycles. The van der Waals surface area contributed by atoms with Gasteiger partial charge in [0.05, 0.1) is 0 Å². The van der Waals surface area contributed by atoms with Crippen molar-refractivity contribution >= 4 is 21.8 Å². The molecule has 0 aromatic carbocycles. The maximum atomic E-state index is 11.8. The van der Waals surface area contributed by atoms with Crippen molar-refractivity contribution in [1.29, 1.82) is 0 Å². The van der Waals surface area contributed by atoms with Crippen LogP contribution in [0.1, 0.15) is 10.6 Å². The fraction of sp³-hybridized carbons (Fsp3) is 0.500. The van der Waals surface area contributed by atoms with E-state index in [4.69, 9.17) is 4.42 Å². The molecule has 5 heteroatoms. The normalized spacial score (nSPS) is 10.7. The predicted octanol–water partition coefficient (Wildman–Crippen LogP) is 1.68. The second kappa shape index (κ2) is 5.32. The Morgan fingerprint density at radius 1 is 1.33 bits per heavy atom. The van der Waals surface area contributed by atoms with Gasteiger partial charge < -0.3 is 14.2 Å². The summed E-state index contributed by atoms with van der Waals surface area (Å²) in [5.41, 5.74) is 0. The third kappa shape index (κ3) is 3.68. The first-order valence-corrected chi connectivity index (χ1v) is 5.45. The van der Waals surface area contributed by atoms with Gasteiger partial charge in [-0.1, -0.05) is 0 Å². The van der Waals surface area contributed by atoms with Crippen molar-refractivity contribution in [1.82, 2.24) is 9.80 Å². The molecule has 0 aliphatic carbocycles. The number of carbonyl (C=O) groups excluding carboxylic acids is 1. The number of hydrogen-bond donors (Lipinski definition) is 0. The van der Waals surface area contributed by atoms with E-state index in [1.165, 1.54) is 0 Å². The highest BCUT2D eigenvalue weighted by Gasteiger charge is 2.15. The maximum absolute atomic E-state index is 11.8. The average molecular weight is 275 g/mol. The van der Waals surface area contributed by atoms with E-state index in [-0.39, 0.29) is 5.91 Å². The molecule has 0 N–H and O–H groups in total. The fourth-order valence-electron chi connectivity index (χ4n) is 1.07. The lowest BCUT2D eigenvalue weighted by Crippen LogP contribution is -2.33. The van der Waals surface area contributed by atoms with Gasteiger partial charge in [-0.25, -0.2) is 0 Å². The monoisotopic (exact) mass is 274 g/mol. The molecule has 1 amide bonds. The summed E-state index contributed by atoms with van der Waals surface area (Å²) in [7, 11) is 5.71. The van der Waals surface area contributed by atoms with E-state index in [1.807, 2.05) is 19.0 Å². The molecule has 1 heterocycles. The van der Waals surface area contributed by atoms with Gasteiger partial charge in [0.25, 0.3) is 5.91 Å². The van der Waals surface area contributed by atoms with Crippen LogP contribution in [0, 0.1) is 0 Å². The van der Waals surface area contributed by atoms with Crippen molar-refractivity contribution in [2.75, 3.05) is 34.2 Å². The van der Waals surface area contributed by atoms with Crippen LogP contribution in [0.4, 0.5) is 0 Å². The van der Waals surface area contributed by atoms with E-state index >= 15 is 0 Å². The molecule has 0 aliphatic rings. The minimum absolute atomic E-state index is 0.0949. The second-order valence-electron chi connectivity index (χ2n) is 3.63. The van der Waals surface area contributed by atoms with Crippen molar-refractivity contribution < 1.29 is 9.21 Å². The van der Waals surface area contributed by atoms with Crippen LogP contribution < -0.4 is 0 Å². The van der Waals surface area contributed by atoms with Crippen molar-refractivity contribution in [3.05, 3.63) is 22.6 Å². The first kappa shape index (κ1) is 12.3. The van der Waals surface area contributed by atoms with Crippen LogP contribution in [0.25, 0.3) is 0 Å². The van der Waals surface area contributed by atoms with Crippen LogP contribution >= 0.6 is 15.9 Å². The molecule has 4 nitrogen and oxygen atoms in total. The van der Waals surface area contributed by atoms with Gasteiger partial charge in [0.15, 0.2) is 10.4 Å². The van der Waals surface area contributed by atoms with Crippen LogP contribution in [0.15, 0.2) is 21.2 Å². The maximum Gasteiger partial charge on any atom is 0.289 e. The van der Waals surface area contributed by atoms with Crippen molar-refractivity contribution in [3.63, 3.8) is 0 Å². The molecule has 0 saturated carbocycles. The van der Waals surface area contributed by atoms with Crippen molar-refractivity contribution in [2.45, 2.75) is 0 Å².